The van der Waals surface area contributed by atoms with E-state index < -0.39 is 17.7 Å². The predicted molar refractivity (Wildman–Crippen MR) is 96.0 cm³/mol. The molecule has 0 radical (unpaired) electrons. The van der Waals surface area contributed by atoms with Crippen LogP contribution in [0.1, 0.15) is 22.5 Å². The first-order valence-electron chi connectivity index (χ1n) is 8.43. The van der Waals surface area contributed by atoms with Crippen LogP contribution in [0.4, 0.5) is 13.2 Å². The Kier molecular flexibility index (Phi) is 5.44. The minimum absolute atomic E-state index is 0.0579. The van der Waals surface area contributed by atoms with E-state index in [1.54, 1.807) is 37.3 Å². The monoisotopic (exact) mass is 390 g/mol. The molecule has 7 heteroatoms. The number of benzene rings is 2. The largest absolute Gasteiger partial charge is 0.489 e. The van der Waals surface area contributed by atoms with E-state index in [9.17, 15) is 18.0 Å². The van der Waals surface area contributed by atoms with E-state index in [0.29, 0.717) is 28.4 Å². The summed E-state index contributed by atoms with van der Waals surface area (Å²) in [6, 6.07) is 13.2. The SMILES string of the molecule is Cc1oc(-c2ccc(C(F)(F)F)cc2)cc1COc1ccc(CC(=O)O)cc1. The van der Waals surface area contributed by atoms with E-state index in [2.05, 4.69) is 0 Å². The van der Waals surface area contributed by atoms with Gasteiger partial charge in [0.2, 0.25) is 0 Å². The van der Waals surface area contributed by atoms with Gasteiger partial charge in [-0.2, -0.15) is 13.2 Å². The summed E-state index contributed by atoms with van der Waals surface area (Å²) in [5, 5.41) is 8.77. The molecule has 1 N–H and O–H groups in total. The molecule has 28 heavy (non-hydrogen) atoms. The summed E-state index contributed by atoms with van der Waals surface area (Å²) in [6.07, 6.45) is -4.44. The zero-order valence-electron chi connectivity index (χ0n) is 14.9. The first-order chi connectivity index (χ1) is 13.2. The number of hydrogen-bond acceptors (Lipinski definition) is 3. The van der Waals surface area contributed by atoms with E-state index in [4.69, 9.17) is 14.3 Å². The third kappa shape index (κ3) is 4.73. The average Bonchev–Trinajstić information content (AvgIpc) is 3.01. The van der Waals surface area contributed by atoms with Gasteiger partial charge in [-0.05, 0) is 42.8 Å². The van der Waals surface area contributed by atoms with Crippen LogP contribution in [0.2, 0.25) is 0 Å². The number of carbonyl (C=O) groups is 1. The van der Waals surface area contributed by atoms with Crippen molar-refractivity contribution in [3.63, 3.8) is 0 Å². The highest BCUT2D eigenvalue weighted by Crippen LogP contribution is 2.32. The number of ether oxygens (including phenoxy) is 1. The van der Waals surface area contributed by atoms with E-state index in [1.807, 2.05) is 0 Å². The van der Waals surface area contributed by atoms with Gasteiger partial charge in [-0.3, -0.25) is 4.79 Å². The van der Waals surface area contributed by atoms with Gasteiger partial charge in [-0.25, -0.2) is 0 Å². The standard InChI is InChI=1S/C21H17F3O4/c1-13-16(12-27-18-8-2-14(3-9-18)10-20(25)26)11-19(28-13)15-4-6-17(7-5-15)21(22,23)24/h2-9,11H,10,12H2,1H3,(H,25,26). The molecule has 0 aliphatic heterocycles. The molecule has 146 valence electrons. The van der Waals surface area contributed by atoms with Crippen LogP contribution in [0.15, 0.2) is 59.0 Å². The van der Waals surface area contributed by atoms with Gasteiger partial charge in [0.25, 0.3) is 0 Å². The predicted octanol–water partition coefficient (Wildman–Crippen LogP) is 5.48. The summed E-state index contributed by atoms with van der Waals surface area (Å²) in [5.41, 5.74) is 1.27. The van der Waals surface area contributed by atoms with Gasteiger partial charge in [0.15, 0.2) is 0 Å². The molecule has 1 heterocycles. The molecule has 0 bridgehead atoms. The van der Waals surface area contributed by atoms with E-state index >= 15 is 0 Å². The minimum Gasteiger partial charge on any atom is -0.489 e. The maximum Gasteiger partial charge on any atom is 0.416 e. The molecule has 3 rings (SSSR count). The Morgan fingerprint density at radius 2 is 1.71 bits per heavy atom. The van der Waals surface area contributed by atoms with Gasteiger partial charge in [0.05, 0.1) is 12.0 Å². The Labute approximate surface area is 159 Å². The van der Waals surface area contributed by atoms with Crippen LogP contribution in [-0.2, 0) is 24.0 Å². The Morgan fingerprint density at radius 3 is 2.29 bits per heavy atom. The molecule has 0 amide bonds. The van der Waals surface area contributed by atoms with Gasteiger partial charge in [-0.1, -0.05) is 24.3 Å². The quantitative estimate of drug-likeness (QED) is 0.606. The van der Waals surface area contributed by atoms with E-state index in [0.717, 1.165) is 17.7 Å². The number of carboxylic acids is 1. The highest BCUT2D eigenvalue weighted by Gasteiger charge is 2.30. The zero-order valence-corrected chi connectivity index (χ0v) is 14.9. The second-order valence-corrected chi connectivity index (χ2v) is 6.27. The number of aryl methyl sites for hydroxylation is 1. The summed E-state index contributed by atoms with van der Waals surface area (Å²) < 4.78 is 49.4. The van der Waals surface area contributed by atoms with Crippen LogP contribution in [0.25, 0.3) is 11.3 Å². The smallest absolute Gasteiger partial charge is 0.416 e. The van der Waals surface area contributed by atoms with Crippen molar-refractivity contribution in [2.75, 3.05) is 0 Å². The Bertz CT molecular complexity index is 955. The van der Waals surface area contributed by atoms with Crippen LogP contribution in [-0.4, -0.2) is 11.1 Å². The highest BCUT2D eigenvalue weighted by atomic mass is 19.4. The van der Waals surface area contributed by atoms with Crippen LogP contribution in [0.5, 0.6) is 5.75 Å². The lowest BCUT2D eigenvalue weighted by Crippen LogP contribution is -2.03. The summed E-state index contributed by atoms with van der Waals surface area (Å²) in [7, 11) is 0. The lowest BCUT2D eigenvalue weighted by Gasteiger charge is -2.06. The van der Waals surface area contributed by atoms with Crippen molar-refractivity contribution < 1.29 is 32.2 Å². The lowest BCUT2D eigenvalue weighted by molar-refractivity contribution is -0.138. The number of halogens is 3. The first-order valence-corrected chi connectivity index (χ1v) is 8.43. The van der Waals surface area contributed by atoms with Crippen molar-refractivity contribution >= 4 is 5.97 Å². The second-order valence-electron chi connectivity index (χ2n) is 6.27. The van der Waals surface area contributed by atoms with Gasteiger partial charge in [0, 0.05) is 11.1 Å². The van der Waals surface area contributed by atoms with Crippen molar-refractivity contribution in [3.05, 3.63) is 77.0 Å². The van der Waals surface area contributed by atoms with E-state index in [-0.39, 0.29) is 13.0 Å². The molecular formula is C21H17F3O4. The number of rotatable bonds is 6. The molecule has 0 fully saturated rings. The molecule has 0 saturated heterocycles. The number of aliphatic carboxylic acids is 1. The maximum atomic E-state index is 12.7. The summed E-state index contributed by atoms with van der Waals surface area (Å²) in [6.45, 7) is 1.97. The lowest BCUT2D eigenvalue weighted by atomic mass is 10.1. The highest BCUT2D eigenvalue weighted by molar-refractivity contribution is 5.70. The van der Waals surface area contributed by atoms with Crippen LogP contribution >= 0.6 is 0 Å². The fourth-order valence-corrected chi connectivity index (χ4v) is 2.67. The molecule has 0 saturated carbocycles. The topological polar surface area (TPSA) is 59.7 Å². The zero-order chi connectivity index (χ0) is 20.3. The molecule has 3 aromatic rings. The molecule has 0 spiro atoms. The second kappa shape index (κ2) is 7.80. The van der Waals surface area contributed by atoms with Crippen LogP contribution in [0, 0.1) is 6.92 Å². The Morgan fingerprint density at radius 1 is 1.07 bits per heavy atom. The van der Waals surface area contributed by atoms with Crippen molar-refractivity contribution in [1.82, 2.24) is 0 Å². The number of alkyl halides is 3. The van der Waals surface area contributed by atoms with Crippen molar-refractivity contribution in [2.45, 2.75) is 26.1 Å². The molecular weight excluding hydrogens is 373 g/mol. The molecule has 0 atom stereocenters. The normalized spacial score (nSPS) is 11.4. The fourth-order valence-electron chi connectivity index (χ4n) is 2.67. The molecule has 0 aliphatic carbocycles. The molecule has 4 nitrogen and oxygen atoms in total. The Balaban J connectivity index is 1.68. The van der Waals surface area contributed by atoms with Gasteiger partial charge in [-0.15, -0.1) is 0 Å². The fraction of sp³-hybridized carbons (Fsp3) is 0.190. The van der Waals surface area contributed by atoms with Crippen molar-refractivity contribution in [2.24, 2.45) is 0 Å². The average molecular weight is 390 g/mol. The maximum absolute atomic E-state index is 12.7. The van der Waals surface area contributed by atoms with Gasteiger partial charge in [0.1, 0.15) is 23.9 Å². The summed E-state index contributed by atoms with van der Waals surface area (Å²) in [4.78, 5) is 10.7. The summed E-state index contributed by atoms with van der Waals surface area (Å²) >= 11 is 0. The molecule has 0 aliphatic rings. The third-order valence-corrected chi connectivity index (χ3v) is 4.19. The number of furan rings is 1. The number of hydrogen-bond donors (Lipinski definition) is 1. The summed E-state index contributed by atoms with van der Waals surface area (Å²) in [5.74, 6) is 0.739. The van der Waals surface area contributed by atoms with Crippen molar-refractivity contribution in [3.8, 4) is 17.1 Å². The van der Waals surface area contributed by atoms with Gasteiger partial charge >= 0.3 is 12.1 Å². The molecule has 1 aromatic heterocycles. The first kappa shape index (κ1) is 19.5. The Hall–Kier alpha value is -3.22. The molecule has 0 unspecified atom stereocenters. The minimum atomic E-state index is -4.38. The molecule has 2 aromatic carbocycles. The van der Waals surface area contributed by atoms with E-state index in [1.165, 1.54) is 12.1 Å². The van der Waals surface area contributed by atoms with Crippen molar-refractivity contribution in [1.29, 1.82) is 0 Å². The van der Waals surface area contributed by atoms with Gasteiger partial charge < -0.3 is 14.3 Å². The van der Waals surface area contributed by atoms with Crippen LogP contribution < -0.4 is 4.74 Å². The number of carboxylic acid groups (broad SMARTS) is 1. The van der Waals surface area contributed by atoms with Crippen LogP contribution in [0.3, 0.4) is 0 Å². The third-order valence-electron chi connectivity index (χ3n) is 4.19.